The molecule has 0 unspecified atom stereocenters. The third kappa shape index (κ3) is 7.08. The number of ether oxygens (including phenoxy) is 4. The molecular formula is C31H43N3O4. The first kappa shape index (κ1) is 28.0. The Hall–Kier alpha value is -3.03. The van der Waals surface area contributed by atoms with Crippen LogP contribution >= 0.6 is 0 Å². The molecule has 0 radical (unpaired) electrons. The van der Waals surface area contributed by atoms with Gasteiger partial charge in [-0.3, -0.25) is 4.90 Å². The lowest BCUT2D eigenvalue weighted by Crippen LogP contribution is -2.48. The summed E-state index contributed by atoms with van der Waals surface area (Å²) in [5.74, 6) is 3.63. The van der Waals surface area contributed by atoms with Crippen molar-refractivity contribution in [1.82, 2.24) is 14.5 Å². The first-order chi connectivity index (χ1) is 18.4. The summed E-state index contributed by atoms with van der Waals surface area (Å²) in [6, 6.07) is 12.6. The average molecular weight is 522 g/mol. The van der Waals surface area contributed by atoms with Gasteiger partial charge in [-0.05, 0) is 62.4 Å². The standard InChI is InChI=1S/C31H43N3O4/c1-6-30-32-14-18-34(30)15-7-19-37-28-11-9-26(21-29(28)35-4)22-33-16-12-31(36-5,13-17-33)23-38-27-10-8-24(2)20-25(27)3/h8-11,14,18,20-21H,6-7,12-13,15-17,19,22-23H2,1-5H3. The smallest absolute Gasteiger partial charge is 0.161 e. The first-order valence-electron chi connectivity index (χ1n) is 13.7. The van der Waals surface area contributed by atoms with Crippen molar-refractivity contribution in [2.24, 2.45) is 0 Å². The molecule has 1 saturated heterocycles. The topological polar surface area (TPSA) is 58.0 Å². The van der Waals surface area contributed by atoms with Gasteiger partial charge in [0.1, 0.15) is 23.8 Å². The van der Waals surface area contributed by atoms with E-state index in [1.165, 1.54) is 16.7 Å². The zero-order chi connectivity index (χ0) is 27.0. The van der Waals surface area contributed by atoms with E-state index < -0.39 is 0 Å². The number of aromatic nitrogens is 2. The zero-order valence-corrected chi connectivity index (χ0v) is 23.7. The number of hydrogen-bond acceptors (Lipinski definition) is 6. The van der Waals surface area contributed by atoms with E-state index in [0.717, 1.165) is 74.9 Å². The highest BCUT2D eigenvalue weighted by atomic mass is 16.5. The maximum absolute atomic E-state index is 6.22. The summed E-state index contributed by atoms with van der Waals surface area (Å²) >= 11 is 0. The van der Waals surface area contributed by atoms with E-state index in [1.807, 2.05) is 25.6 Å². The van der Waals surface area contributed by atoms with Crippen LogP contribution < -0.4 is 14.2 Å². The highest BCUT2D eigenvalue weighted by Gasteiger charge is 2.35. The Kier molecular flexibility index (Phi) is 9.69. The van der Waals surface area contributed by atoms with Crippen LogP contribution in [0.2, 0.25) is 0 Å². The Bertz CT molecular complexity index is 1170. The van der Waals surface area contributed by atoms with Gasteiger partial charge in [-0.25, -0.2) is 4.98 Å². The molecule has 0 atom stereocenters. The number of methoxy groups -OCH3 is 2. The van der Waals surface area contributed by atoms with Crippen LogP contribution in [-0.2, 0) is 24.2 Å². The van der Waals surface area contributed by atoms with Crippen LogP contribution in [0.3, 0.4) is 0 Å². The number of nitrogens with zero attached hydrogens (tertiary/aromatic N) is 3. The monoisotopic (exact) mass is 521 g/mol. The van der Waals surface area contributed by atoms with Gasteiger partial charge in [-0.2, -0.15) is 0 Å². The van der Waals surface area contributed by atoms with Gasteiger partial charge in [0.15, 0.2) is 11.5 Å². The van der Waals surface area contributed by atoms with E-state index in [4.69, 9.17) is 18.9 Å². The number of likely N-dealkylation sites (tertiary alicyclic amines) is 1. The minimum Gasteiger partial charge on any atom is -0.493 e. The largest absolute Gasteiger partial charge is 0.493 e. The predicted molar refractivity (Wildman–Crippen MR) is 150 cm³/mol. The number of imidazole rings is 1. The molecule has 1 aromatic heterocycles. The number of rotatable bonds is 13. The molecule has 1 aliphatic heterocycles. The van der Waals surface area contributed by atoms with E-state index in [0.29, 0.717) is 13.2 Å². The summed E-state index contributed by atoms with van der Waals surface area (Å²) in [6.45, 7) is 11.2. The molecular weight excluding hydrogens is 478 g/mol. The number of aryl methyl sites for hydroxylation is 4. The SMILES string of the molecule is CCc1nccn1CCCOc1ccc(CN2CCC(COc3ccc(C)cc3C)(OC)CC2)cc1OC. The minimum absolute atomic E-state index is 0.252. The summed E-state index contributed by atoms with van der Waals surface area (Å²) in [6.07, 6.45) is 7.61. The van der Waals surface area contributed by atoms with Gasteiger partial charge < -0.3 is 23.5 Å². The van der Waals surface area contributed by atoms with Gasteiger partial charge in [0.25, 0.3) is 0 Å². The van der Waals surface area contributed by atoms with Crippen LogP contribution in [0.25, 0.3) is 0 Å². The third-order valence-electron chi connectivity index (χ3n) is 7.57. The summed E-state index contributed by atoms with van der Waals surface area (Å²) in [5, 5.41) is 0. The van der Waals surface area contributed by atoms with Gasteiger partial charge in [0.05, 0.1) is 13.7 Å². The molecule has 0 bridgehead atoms. The molecule has 1 aliphatic rings. The molecule has 2 heterocycles. The molecule has 0 aliphatic carbocycles. The maximum atomic E-state index is 6.22. The Morgan fingerprint density at radius 3 is 2.45 bits per heavy atom. The lowest BCUT2D eigenvalue weighted by atomic mass is 9.91. The van der Waals surface area contributed by atoms with E-state index in [1.54, 1.807) is 7.11 Å². The Morgan fingerprint density at radius 2 is 1.74 bits per heavy atom. The van der Waals surface area contributed by atoms with E-state index in [2.05, 4.69) is 65.6 Å². The van der Waals surface area contributed by atoms with E-state index in [9.17, 15) is 0 Å². The van der Waals surface area contributed by atoms with E-state index >= 15 is 0 Å². The molecule has 206 valence electrons. The lowest BCUT2D eigenvalue weighted by Gasteiger charge is -2.40. The summed E-state index contributed by atoms with van der Waals surface area (Å²) in [7, 11) is 3.51. The lowest BCUT2D eigenvalue weighted by molar-refractivity contribution is -0.0840. The van der Waals surface area contributed by atoms with Crippen LogP contribution in [0, 0.1) is 13.8 Å². The fourth-order valence-electron chi connectivity index (χ4n) is 5.16. The third-order valence-corrected chi connectivity index (χ3v) is 7.57. The van der Waals surface area contributed by atoms with Crippen molar-refractivity contribution in [3.05, 3.63) is 71.3 Å². The minimum atomic E-state index is -0.252. The second-order valence-corrected chi connectivity index (χ2v) is 10.3. The second-order valence-electron chi connectivity index (χ2n) is 10.3. The summed E-state index contributed by atoms with van der Waals surface area (Å²) < 4.78 is 26.1. The van der Waals surface area contributed by atoms with Gasteiger partial charge in [-0.15, -0.1) is 0 Å². The van der Waals surface area contributed by atoms with Gasteiger partial charge in [-0.1, -0.05) is 30.7 Å². The number of hydrogen-bond donors (Lipinski definition) is 0. The first-order valence-corrected chi connectivity index (χ1v) is 13.7. The van der Waals surface area contributed by atoms with Crippen molar-refractivity contribution in [3.63, 3.8) is 0 Å². The van der Waals surface area contributed by atoms with Crippen LogP contribution in [0.1, 0.15) is 48.7 Å². The Labute approximate surface area is 227 Å². The molecule has 0 saturated carbocycles. The van der Waals surface area contributed by atoms with E-state index in [-0.39, 0.29) is 5.60 Å². The van der Waals surface area contributed by atoms with Gasteiger partial charge in [0, 0.05) is 52.1 Å². The predicted octanol–water partition coefficient (Wildman–Crippen LogP) is 5.60. The average Bonchev–Trinajstić information content (AvgIpc) is 3.39. The van der Waals surface area contributed by atoms with Crippen molar-refractivity contribution >= 4 is 0 Å². The zero-order valence-electron chi connectivity index (χ0n) is 23.7. The van der Waals surface area contributed by atoms with Crippen molar-refractivity contribution < 1.29 is 18.9 Å². The molecule has 0 spiro atoms. The van der Waals surface area contributed by atoms with Crippen LogP contribution in [-0.4, -0.2) is 60.6 Å². The van der Waals surface area contributed by atoms with Crippen LogP contribution in [0.4, 0.5) is 0 Å². The van der Waals surface area contributed by atoms with Crippen LogP contribution in [0.15, 0.2) is 48.8 Å². The molecule has 0 amide bonds. The van der Waals surface area contributed by atoms with Crippen molar-refractivity contribution in [3.8, 4) is 17.2 Å². The number of benzene rings is 2. The highest BCUT2D eigenvalue weighted by molar-refractivity contribution is 5.43. The molecule has 4 rings (SSSR count). The quantitative estimate of drug-likeness (QED) is 0.273. The molecule has 38 heavy (non-hydrogen) atoms. The molecule has 1 fully saturated rings. The summed E-state index contributed by atoms with van der Waals surface area (Å²) in [5.41, 5.74) is 3.38. The summed E-state index contributed by atoms with van der Waals surface area (Å²) in [4.78, 5) is 6.85. The normalized spacial score (nSPS) is 15.4. The molecule has 0 N–H and O–H groups in total. The fourth-order valence-corrected chi connectivity index (χ4v) is 5.16. The molecule has 2 aromatic carbocycles. The molecule has 3 aromatic rings. The van der Waals surface area contributed by atoms with Crippen molar-refractivity contribution in [1.29, 1.82) is 0 Å². The van der Waals surface area contributed by atoms with Crippen LogP contribution in [0.5, 0.6) is 17.2 Å². The fraction of sp³-hybridized carbons (Fsp3) is 0.516. The van der Waals surface area contributed by atoms with Crippen molar-refractivity contribution in [2.75, 3.05) is 40.5 Å². The molecule has 7 nitrogen and oxygen atoms in total. The maximum Gasteiger partial charge on any atom is 0.161 e. The Morgan fingerprint density at radius 1 is 0.947 bits per heavy atom. The second kappa shape index (κ2) is 13.2. The van der Waals surface area contributed by atoms with Gasteiger partial charge in [0.2, 0.25) is 0 Å². The molecule has 7 heteroatoms. The Balaban J connectivity index is 1.26. The highest BCUT2D eigenvalue weighted by Crippen LogP contribution is 2.32. The van der Waals surface area contributed by atoms with Crippen molar-refractivity contribution in [2.45, 2.75) is 65.1 Å². The van der Waals surface area contributed by atoms with Gasteiger partial charge >= 0.3 is 0 Å². The number of piperidine rings is 1.